The molecule has 0 spiro atoms. The Morgan fingerprint density at radius 3 is 2.80 bits per heavy atom. The fourth-order valence-corrected chi connectivity index (χ4v) is 4.70. The van der Waals surface area contributed by atoms with Crippen molar-refractivity contribution in [1.82, 2.24) is 15.3 Å². The maximum Gasteiger partial charge on any atom is 0.287 e. The number of hydrogen-bond donors (Lipinski definition) is 2. The molecule has 7 nitrogen and oxygen atoms in total. The standard InChI is InChI=1S/C26H20FN3O4S/c1-33-17-7-4-5-15(11-17)13-28-26(32)24-29-20-10-9-19(27)23(22(20)25(31)30-24)34-14-18-12-16-6-2-3-8-21(16)35-18/h2-12H,13-14H2,1H3,(H,28,32)(H,29,30,31). The SMILES string of the molecule is COc1cccc(CNC(=O)c2nc3ccc(F)c(OCc4cc5ccccc5s4)c3c(=O)[nH]2)c1. The Morgan fingerprint density at radius 2 is 1.97 bits per heavy atom. The van der Waals surface area contributed by atoms with E-state index in [-0.39, 0.29) is 35.6 Å². The number of rotatable bonds is 7. The predicted molar refractivity (Wildman–Crippen MR) is 133 cm³/mol. The third kappa shape index (κ3) is 4.71. The van der Waals surface area contributed by atoms with Crippen LogP contribution < -0.4 is 20.3 Å². The predicted octanol–water partition coefficient (Wildman–Crippen LogP) is 4.79. The van der Waals surface area contributed by atoms with Crippen molar-refractivity contribution in [3.8, 4) is 11.5 Å². The molecular weight excluding hydrogens is 469 g/mol. The summed E-state index contributed by atoms with van der Waals surface area (Å²) in [5.41, 5.74) is 0.320. The van der Waals surface area contributed by atoms with Crippen LogP contribution in [0.4, 0.5) is 4.39 Å². The summed E-state index contributed by atoms with van der Waals surface area (Å²) in [6.07, 6.45) is 0. The number of halogens is 1. The normalized spacial score (nSPS) is 11.0. The lowest BCUT2D eigenvalue weighted by Crippen LogP contribution is -2.27. The van der Waals surface area contributed by atoms with Gasteiger partial charge in [0.25, 0.3) is 11.5 Å². The second-order valence-corrected chi connectivity index (χ2v) is 8.93. The van der Waals surface area contributed by atoms with Gasteiger partial charge in [-0.05, 0) is 47.3 Å². The molecule has 0 saturated heterocycles. The van der Waals surface area contributed by atoms with E-state index < -0.39 is 17.3 Å². The van der Waals surface area contributed by atoms with E-state index >= 15 is 0 Å². The average Bonchev–Trinajstić information content (AvgIpc) is 3.30. The summed E-state index contributed by atoms with van der Waals surface area (Å²) >= 11 is 1.53. The highest BCUT2D eigenvalue weighted by Gasteiger charge is 2.18. The summed E-state index contributed by atoms with van der Waals surface area (Å²) < 4.78 is 26.7. The molecular formula is C26H20FN3O4S. The van der Waals surface area contributed by atoms with Gasteiger partial charge in [0.2, 0.25) is 0 Å². The van der Waals surface area contributed by atoms with Crippen LogP contribution in [-0.2, 0) is 13.2 Å². The minimum Gasteiger partial charge on any atom is -0.497 e. The van der Waals surface area contributed by atoms with E-state index in [0.29, 0.717) is 5.75 Å². The average molecular weight is 490 g/mol. The number of fused-ring (bicyclic) bond motifs is 2. The van der Waals surface area contributed by atoms with Crippen LogP contribution in [0.2, 0.25) is 0 Å². The van der Waals surface area contributed by atoms with Gasteiger partial charge in [-0.1, -0.05) is 30.3 Å². The Balaban J connectivity index is 1.38. The van der Waals surface area contributed by atoms with Crippen molar-refractivity contribution in [3.05, 3.63) is 99.2 Å². The van der Waals surface area contributed by atoms with Gasteiger partial charge in [0.15, 0.2) is 17.4 Å². The number of amides is 1. The molecule has 0 atom stereocenters. The number of thiophene rings is 1. The van der Waals surface area contributed by atoms with Gasteiger partial charge in [-0.3, -0.25) is 9.59 Å². The van der Waals surface area contributed by atoms with Gasteiger partial charge in [-0.2, -0.15) is 0 Å². The number of aromatic nitrogens is 2. The van der Waals surface area contributed by atoms with E-state index in [2.05, 4.69) is 15.3 Å². The lowest BCUT2D eigenvalue weighted by molar-refractivity contribution is 0.0940. The van der Waals surface area contributed by atoms with Crippen molar-refractivity contribution in [2.45, 2.75) is 13.2 Å². The third-order valence-corrected chi connectivity index (χ3v) is 6.51. The first-order valence-corrected chi connectivity index (χ1v) is 11.6. The van der Waals surface area contributed by atoms with Crippen molar-refractivity contribution in [2.24, 2.45) is 0 Å². The first kappa shape index (κ1) is 22.5. The summed E-state index contributed by atoms with van der Waals surface area (Å²) in [6.45, 7) is 0.308. The van der Waals surface area contributed by atoms with Gasteiger partial charge in [-0.25, -0.2) is 9.37 Å². The lowest BCUT2D eigenvalue weighted by Gasteiger charge is -2.10. The van der Waals surface area contributed by atoms with Crippen molar-refractivity contribution in [1.29, 1.82) is 0 Å². The summed E-state index contributed by atoms with van der Waals surface area (Å²) in [4.78, 5) is 33.1. The molecule has 2 heterocycles. The smallest absolute Gasteiger partial charge is 0.287 e. The van der Waals surface area contributed by atoms with Crippen LogP contribution in [-0.4, -0.2) is 23.0 Å². The zero-order chi connectivity index (χ0) is 24.4. The molecule has 5 aromatic rings. The largest absolute Gasteiger partial charge is 0.497 e. The quantitative estimate of drug-likeness (QED) is 0.343. The van der Waals surface area contributed by atoms with Crippen molar-refractivity contribution in [3.63, 3.8) is 0 Å². The monoisotopic (exact) mass is 489 g/mol. The number of hydrogen-bond acceptors (Lipinski definition) is 6. The van der Waals surface area contributed by atoms with Crippen molar-refractivity contribution < 1.29 is 18.7 Å². The summed E-state index contributed by atoms with van der Waals surface area (Å²) in [6, 6.07) is 19.6. The molecule has 0 fully saturated rings. The molecule has 0 radical (unpaired) electrons. The molecule has 2 aromatic heterocycles. The number of benzene rings is 3. The fourth-order valence-electron chi connectivity index (χ4n) is 3.73. The van der Waals surface area contributed by atoms with Crippen LogP contribution in [0.1, 0.15) is 21.1 Å². The van der Waals surface area contributed by atoms with E-state index in [4.69, 9.17) is 9.47 Å². The van der Waals surface area contributed by atoms with Crippen molar-refractivity contribution >= 4 is 38.2 Å². The van der Waals surface area contributed by atoms with Crippen molar-refractivity contribution in [2.75, 3.05) is 7.11 Å². The molecule has 0 aliphatic carbocycles. The van der Waals surface area contributed by atoms with Crippen LogP contribution in [0, 0.1) is 5.82 Å². The van der Waals surface area contributed by atoms with E-state index in [0.717, 1.165) is 20.5 Å². The van der Waals surface area contributed by atoms with Gasteiger partial charge in [0, 0.05) is 16.1 Å². The number of carbonyl (C=O) groups is 1. The van der Waals surface area contributed by atoms with Crippen LogP contribution in [0.3, 0.4) is 0 Å². The summed E-state index contributed by atoms with van der Waals surface area (Å²) in [5, 5.41) is 3.74. The Labute approximate surface area is 203 Å². The second kappa shape index (κ2) is 9.55. The van der Waals surface area contributed by atoms with E-state index in [1.54, 1.807) is 19.2 Å². The van der Waals surface area contributed by atoms with Crippen LogP contribution in [0.5, 0.6) is 11.5 Å². The molecule has 176 valence electrons. The van der Waals surface area contributed by atoms with Gasteiger partial charge < -0.3 is 19.8 Å². The van der Waals surface area contributed by atoms with Crippen LogP contribution >= 0.6 is 11.3 Å². The minimum absolute atomic E-state index is 0.0459. The third-order valence-electron chi connectivity index (χ3n) is 5.42. The Hall–Kier alpha value is -4.24. The molecule has 0 unspecified atom stereocenters. The highest BCUT2D eigenvalue weighted by Crippen LogP contribution is 2.29. The molecule has 2 N–H and O–H groups in total. The first-order valence-electron chi connectivity index (χ1n) is 10.8. The Bertz CT molecular complexity index is 1580. The van der Waals surface area contributed by atoms with E-state index in [9.17, 15) is 14.0 Å². The topological polar surface area (TPSA) is 93.3 Å². The number of nitrogens with one attached hydrogen (secondary N) is 2. The van der Waals surface area contributed by atoms with E-state index in [1.807, 2.05) is 42.5 Å². The Morgan fingerprint density at radius 1 is 1.11 bits per heavy atom. The van der Waals surface area contributed by atoms with Gasteiger partial charge in [0.05, 0.1) is 12.6 Å². The fraction of sp³-hybridized carbons (Fsp3) is 0.115. The van der Waals surface area contributed by atoms with Crippen LogP contribution in [0.25, 0.3) is 21.0 Å². The first-order chi connectivity index (χ1) is 17.0. The molecule has 0 bridgehead atoms. The molecule has 5 rings (SSSR count). The highest BCUT2D eigenvalue weighted by molar-refractivity contribution is 7.19. The molecule has 1 amide bonds. The molecule has 0 saturated carbocycles. The zero-order valence-electron chi connectivity index (χ0n) is 18.6. The summed E-state index contributed by atoms with van der Waals surface area (Å²) in [7, 11) is 1.56. The molecule has 9 heteroatoms. The zero-order valence-corrected chi connectivity index (χ0v) is 19.4. The van der Waals surface area contributed by atoms with Gasteiger partial charge in [-0.15, -0.1) is 11.3 Å². The highest BCUT2D eigenvalue weighted by atomic mass is 32.1. The van der Waals surface area contributed by atoms with Gasteiger partial charge in [0.1, 0.15) is 17.7 Å². The number of H-pyrrole nitrogens is 1. The molecule has 3 aromatic carbocycles. The van der Waals surface area contributed by atoms with E-state index in [1.165, 1.54) is 23.5 Å². The second-order valence-electron chi connectivity index (χ2n) is 7.76. The molecule has 0 aliphatic rings. The maximum atomic E-state index is 14.6. The lowest BCUT2D eigenvalue weighted by atomic mass is 10.2. The number of carbonyl (C=O) groups excluding carboxylic acids is 1. The van der Waals surface area contributed by atoms with Gasteiger partial charge >= 0.3 is 0 Å². The minimum atomic E-state index is -0.680. The summed E-state index contributed by atoms with van der Waals surface area (Å²) in [5.74, 6) is -0.950. The maximum absolute atomic E-state index is 14.6. The van der Waals surface area contributed by atoms with Crippen LogP contribution in [0.15, 0.2) is 71.5 Å². The molecule has 0 aliphatic heterocycles. The Kier molecular flexibility index (Phi) is 6.15. The number of aromatic amines is 1. The number of ether oxygens (including phenoxy) is 2. The number of nitrogens with zero attached hydrogens (tertiary/aromatic N) is 1. The number of methoxy groups -OCH3 is 1. The molecule has 35 heavy (non-hydrogen) atoms.